The van der Waals surface area contributed by atoms with Crippen molar-refractivity contribution in [3.8, 4) is 0 Å². The Morgan fingerprint density at radius 3 is 2.41 bits per heavy atom. The maximum absolute atomic E-state index is 3.93. The minimum Gasteiger partial charge on any atom is -0.374 e. The second-order valence-corrected chi connectivity index (χ2v) is 6.47. The molecule has 1 aliphatic carbocycles. The van der Waals surface area contributed by atoms with Crippen molar-refractivity contribution >= 4 is 0 Å². The van der Waals surface area contributed by atoms with E-state index in [4.69, 9.17) is 0 Å². The Kier molecular flexibility index (Phi) is 4.06. The van der Waals surface area contributed by atoms with Gasteiger partial charge in [-0.15, -0.1) is 0 Å². The van der Waals surface area contributed by atoms with E-state index in [-0.39, 0.29) is 0 Å². The van der Waals surface area contributed by atoms with Crippen LogP contribution < -0.4 is 0 Å². The van der Waals surface area contributed by atoms with E-state index in [1.54, 1.807) is 0 Å². The van der Waals surface area contributed by atoms with Crippen LogP contribution in [0.5, 0.6) is 0 Å². The van der Waals surface area contributed by atoms with E-state index in [1.807, 2.05) is 6.20 Å². The summed E-state index contributed by atoms with van der Waals surface area (Å²) in [5.41, 5.74) is 7.16. The molecule has 1 nitrogen and oxygen atoms in total. The zero-order valence-corrected chi connectivity index (χ0v) is 13.8. The lowest BCUT2D eigenvalue weighted by Gasteiger charge is -2.36. The van der Waals surface area contributed by atoms with Gasteiger partial charge in [-0.3, -0.25) is 0 Å². The molecule has 0 amide bonds. The fraction of sp³-hybridized carbons (Fsp3) is 0.333. The van der Waals surface area contributed by atoms with Gasteiger partial charge in [-0.2, -0.15) is 0 Å². The Balaban J connectivity index is 2.04. The number of hydrogen-bond acceptors (Lipinski definition) is 1. The van der Waals surface area contributed by atoms with Gasteiger partial charge in [0.25, 0.3) is 0 Å². The summed E-state index contributed by atoms with van der Waals surface area (Å²) < 4.78 is 0. The fourth-order valence-electron chi connectivity index (χ4n) is 3.65. The van der Waals surface area contributed by atoms with Crippen LogP contribution in [0.15, 0.2) is 55.2 Å². The molecule has 2 aromatic carbocycles. The highest BCUT2D eigenvalue weighted by Gasteiger charge is 2.29. The van der Waals surface area contributed by atoms with Gasteiger partial charge < -0.3 is 4.90 Å². The van der Waals surface area contributed by atoms with Crippen LogP contribution in [0.4, 0.5) is 0 Å². The van der Waals surface area contributed by atoms with Crippen LogP contribution in [0.25, 0.3) is 0 Å². The standard InChI is InChI=1S/C21H25N/c1-5-22(4)21-13-12-18(19-8-6-7-9-20(19)21)17-11-10-15(2)16(3)14-17/h5-11,14,18,21H,1,12-13H2,2-4H3/t18-,21-/m0/s1. The topological polar surface area (TPSA) is 3.24 Å². The minimum absolute atomic E-state index is 0.455. The maximum atomic E-state index is 3.93. The van der Waals surface area contributed by atoms with Crippen molar-refractivity contribution in [2.24, 2.45) is 0 Å². The van der Waals surface area contributed by atoms with Crippen LogP contribution in [0.1, 0.15) is 52.6 Å². The molecule has 0 saturated carbocycles. The molecule has 3 rings (SSSR count). The van der Waals surface area contributed by atoms with Gasteiger partial charge in [0.05, 0.1) is 6.04 Å². The number of nitrogens with zero attached hydrogens (tertiary/aromatic N) is 1. The van der Waals surface area contributed by atoms with Gasteiger partial charge in [0.15, 0.2) is 0 Å². The number of hydrogen-bond donors (Lipinski definition) is 0. The molecule has 0 aliphatic heterocycles. The SMILES string of the molecule is C=CN(C)[C@H]1CC[C@@H](c2ccc(C)c(C)c2)c2ccccc21. The van der Waals surface area contributed by atoms with Crippen LogP contribution in [0.3, 0.4) is 0 Å². The first-order chi connectivity index (χ1) is 10.6. The zero-order chi connectivity index (χ0) is 15.7. The van der Waals surface area contributed by atoms with E-state index in [1.165, 1.54) is 40.7 Å². The fourth-order valence-corrected chi connectivity index (χ4v) is 3.65. The monoisotopic (exact) mass is 291 g/mol. The molecule has 1 aliphatic rings. The molecule has 22 heavy (non-hydrogen) atoms. The van der Waals surface area contributed by atoms with Gasteiger partial charge in [-0.25, -0.2) is 0 Å². The van der Waals surface area contributed by atoms with E-state index in [0.717, 1.165) is 0 Å². The molecule has 0 N–H and O–H groups in total. The predicted octanol–water partition coefficient (Wildman–Crippen LogP) is 5.35. The molecule has 1 heteroatoms. The highest BCUT2D eigenvalue weighted by molar-refractivity contribution is 5.43. The molecule has 0 unspecified atom stereocenters. The summed E-state index contributed by atoms with van der Waals surface area (Å²) in [7, 11) is 2.13. The van der Waals surface area contributed by atoms with Gasteiger partial charge in [-0.1, -0.05) is 49.0 Å². The van der Waals surface area contributed by atoms with Crippen LogP contribution in [0.2, 0.25) is 0 Å². The summed E-state index contributed by atoms with van der Waals surface area (Å²) in [4.78, 5) is 2.25. The summed E-state index contributed by atoms with van der Waals surface area (Å²) in [6.07, 6.45) is 4.32. The predicted molar refractivity (Wildman–Crippen MR) is 94.1 cm³/mol. The Morgan fingerprint density at radius 1 is 1.00 bits per heavy atom. The smallest absolute Gasteiger partial charge is 0.0536 e. The number of aryl methyl sites for hydroxylation is 2. The van der Waals surface area contributed by atoms with Crippen LogP contribution in [-0.4, -0.2) is 11.9 Å². The Morgan fingerprint density at radius 2 is 1.73 bits per heavy atom. The normalized spacial score (nSPS) is 20.3. The molecule has 0 bridgehead atoms. The molecule has 0 heterocycles. The number of benzene rings is 2. The minimum atomic E-state index is 0.455. The molecule has 2 atom stereocenters. The van der Waals surface area contributed by atoms with Gasteiger partial charge in [0.2, 0.25) is 0 Å². The maximum Gasteiger partial charge on any atom is 0.0536 e. The van der Waals surface area contributed by atoms with Crippen molar-refractivity contribution in [2.75, 3.05) is 7.05 Å². The molecule has 2 aromatic rings. The first kappa shape index (κ1) is 14.9. The molecule has 114 valence electrons. The zero-order valence-electron chi connectivity index (χ0n) is 13.8. The lowest BCUT2D eigenvalue weighted by atomic mass is 9.76. The van der Waals surface area contributed by atoms with Gasteiger partial charge in [0.1, 0.15) is 0 Å². The Labute approximate surface area is 134 Å². The number of rotatable bonds is 3. The Bertz CT molecular complexity index is 686. The first-order valence-corrected chi connectivity index (χ1v) is 8.12. The second-order valence-electron chi connectivity index (χ2n) is 6.47. The van der Waals surface area contributed by atoms with E-state index >= 15 is 0 Å². The van der Waals surface area contributed by atoms with E-state index in [9.17, 15) is 0 Å². The molecule has 0 fully saturated rings. The summed E-state index contributed by atoms with van der Waals surface area (Å²) in [5, 5.41) is 0. The summed E-state index contributed by atoms with van der Waals surface area (Å²) in [5.74, 6) is 0.518. The first-order valence-electron chi connectivity index (χ1n) is 8.12. The van der Waals surface area contributed by atoms with E-state index < -0.39 is 0 Å². The van der Waals surface area contributed by atoms with Crippen molar-refractivity contribution in [3.05, 3.63) is 83.1 Å². The average molecular weight is 291 g/mol. The summed E-state index contributed by atoms with van der Waals surface area (Å²) in [6.45, 7) is 8.33. The van der Waals surface area contributed by atoms with Gasteiger partial charge in [0, 0.05) is 13.0 Å². The van der Waals surface area contributed by atoms with E-state index in [0.29, 0.717) is 12.0 Å². The van der Waals surface area contributed by atoms with Gasteiger partial charge in [-0.05, 0) is 60.7 Å². The Hall–Kier alpha value is -2.02. The van der Waals surface area contributed by atoms with Crippen molar-refractivity contribution in [3.63, 3.8) is 0 Å². The molecular weight excluding hydrogens is 266 g/mol. The molecule has 0 saturated heterocycles. The van der Waals surface area contributed by atoms with Crippen LogP contribution in [0, 0.1) is 13.8 Å². The van der Waals surface area contributed by atoms with Crippen molar-refractivity contribution in [2.45, 2.75) is 38.6 Å². The summed E-state index contributed by atoms with van der Waals surface area (Å²) in [6, 6.07) is 16.3. The van der Waals surface area contributed by atoms with Crippen LogP contribution >= 0.6 is 0 Å². The summed E-state index contributed by atoms with van der Waals surface area (Å²) >= 11 is 0. The quantitative estimate of drug-likeness (QED) is 0.737. The molecule has 0 aromatic heterocycles. The third-order valence-corrected chi connectivity index (χ3v) is 5.17. The van der Waals surface area contributed by atoms with Gasteiger partial charge >= 0.3 is 0 Å². The second kappa shape index (κ2) is 6.00. The van der Waals surface area contributed by atoms with E-state index in [2.05, 4.69) is 74.8 Å². The lowest BCUT2D eigenvalue weighted by Crippen LogP contribution is -2.25. The third kappa shape index (κ3) is 2.56. The molecule has 0 spiro atoms. The third-order valence-electron chi connectivity index (χ3n) is 5.17. The molecular formula is C21H25N. The van der Waals surface area contributed by atoms with Crippen molar-refractivity contribution in [1.29, 1.82) is 0 Å². The van der Waals surface area contributed by atoms with Crippen molar-refractivity contribution in [1.82, 2.24) is 4.90 Å². The highest BCUT2D eigenvalue weighted by Crippen LogP contribution is 2.43. The highest BCUT2D eigenvalue weighted by atomic mass is 15.1. The average Bonchev–Trinajstić information content (AvgIpc) is 2.55. The van der Waals surface area contributed by atoms with Crippen molar-refractivity contribution < 1.29 is 0 Å². The largest absolute Gasteiger partial charge is 0.374 e. The molecule has 0 radical (unpaired) electrons. The number of fused-ring (bicyclic) bond motifs is 1. The van der Waals surface area contributed by atoms with Crippen LogP contribution in [-0.2, 0) is 0 Å². The lowest BCUT2D eigenvalue weighted by molar-refractivity contribution is 0.294.